The number of carbonyl (C=O) groups excluding carboxylic acids is 1. The lowest BCUT2D eigenvalue weighted by Gasteiger charge is -2.32. The first-order valence-corrected chi connectivity index (χ1v) is 6.57. The Morgan fingerprint density at radius 3 is 2.19 bits per heavy atom. The Morgan fingerprint density at radius 2 is 1.81 bits per heavy atom. The summed E-state index contributed by atoms with van der Waals surface area (Å²) in [5.74, 6) is -0.535. The van der Waals surface area contributed by atoms with Gasteiger partial charge in [-0.25, -0.2) is 4.79 Å². The topological polar surface area (TPSA) is 76.1 Å². The highest BCUT2D eigenvalue weighted by atomic mass is 16.5. The van der Waals surface area contributed by atoms with Gasteiger partial charge in [0.15, 0.2) is 6.04 Å². The average Bonchev–Trinajstić information content (AvgIpc) is 2.42. The fourth-order valence-corrected chi connectivity index (χ4v) is 2.30. The molecule has 0 heterocycles. The Morgan fingerprint density at radius 1 is 1.19 bits per heavy atom. The molecule has 21 heavy (non-hydrogen) atoms. The summed E-state index contributed by atoms with van der Waals surface area (Å²) in [6.07, 6.45) is 0. The quantitative estimate of drug-likeness (QED) is 0.869. The molecule has 1 rings (SSSR count). The minimum absolute atomic E-state index is 0.264. The number of benzene rings is 1. The van der Waals surface area contributed by atoms with Crippen LogP contribution < -0.4 is 9.47 Å². The number of methoxy groups -OCH3 is 2. The third-order valence-corrected chi connectivity index (χ3v) is 3.16. The molecule has 0 aliphatic heterocycles. The van der Waals surface area contributed by atoms with Crippen molar-refractivity contribution in [1.82, 2.24) is 4.90 Å². The highest BCUT2D eigenvalue weighted by Gasteiger charge is 2.33. The molecule has 1 atom stereocenters. The van der Waals surface area contributed by atoms with E-state index in [1.165, 1.54) is 26.0 Å². The number of carboxylic acids is 1. The lowest BCUT2D eigenvalue weighted by Crippen LogP contribution is -2.42. The maximum Gasteiger partial charge on any atom is 0.331 e. The van der Waals surface area contributed by atoms with Crippen molar-refractivity contribution >= 4 is 11.9 Å². The standard InChI is InChI=1S/C15H21NO5/c1-9(2)16(10(3)17)14(15(18)19)12-8-11(20-4)6-7-13(12)21-5/h6-9,14H,1-5H3,(H,18,19). The van der Waals surface area contributed by atoms with Crippen LogP contribution >= 0.6 is 0 Å². The van der Waals surface area contributed by atoms with Gasteiger partial charge in [0.2, 0.25) is 5.91 Å². The molecule has 0 aromatic heterocycles. The van der Waals surface area contributed by atoms with E-state index in [0.717, 1.165) is 0 Å². The summed E-state index contributed by atoms with van der Waals surface area (Å²) in [4.78, 5) is 24.9. The number of aliphatic carboxylic acids is 1. The van der Waals surface area contributed by atoms with Gasteiger partial charge >= 0.3 is 5.97 Å². The zero-order chi connectivity index (χ0) is 16.2. The number of carboxylic acid groups (broad SMARTS) is 1. The largest absolute Gasteiger partial charge is 0.497 e. The Kier molecular flexibility index (Phi) is 5.58. The first kappa shape index (κ1) is 16.8. The van der Waals surface area contributed by atoms with Crippen LogP contribution in [0.15, 0.2) is 18.2 Å². The second-order valence-corrected chi connectivity index (χ2v) is 4.87. The van der Waals surface area contributed by atoms with Gasteiger partial charge in [0.1, 0.15) is 11.5 Å². The van der Waals surface area contributed by atoms with Gasteiger partial charge in [-0.3, -0.25) is 4.79 Å². The summed E-state index contributed by atoms with van der Waals surface area (Å²) < 4.78 is 10.4. The molecule has 1 aromatic carbocycles. The van der Waals surface area contributed by atoms with Crippen molar-refractivity contribution in [3.05, 3.63) is 23.8 Å². The second-order valence-electron chi connectivity index (χ2n) is 4.87. The Labute approximate surface area is 124 Å². The van der Waals surface area contributed by atoms with Gasteiger partial charge in [0.25, 0.3) is 0 Å². The number of nitrogens with zero attached hydrogens (tertiary/aromatic N) is 1. The van der Waals surface area contributed by atoms with E-state index in [0.29, 0.717) is 17.1 Å². The molecular weight excluding hydrogens is 274 g/mol. The monoisotopic (exact) mass is 295 g/mol. The third-order valence-electron chi connectivity index (χ3n) is 3.16. The van der Waals surface area contributed by atoms with Gasteiger partial charge in [-0.05, 0) is 32.0 Å². The Hall–Kier alpha value is -2.24. The molecular formula is C15H21NO5. The first-order chi connectivity index (χ1) is 9.83. The van der Waals surface area contributed by atoms with E-state index < -0.39 is 12.0 Å². The number of hydrogen-bond acceptors (Lipinski definition) is 4. The normalized spacial score (nSPS) is 11.9. The van der Waals surface area contributed by atoms with Crippen molar-refractivity contribution < 1.29 is 24.2 Å². The molecule has 1 aromatic rings. The summed E-state index contributed by atoms with van der Waals surface area (Å²) in [5, 5.41) is 9.59. The van der Waals surface area contributed by atoms with E-state index in [1.807, 2.05) is 0 Å². The fraction of sp³-hybridized carbons (Fsp3) is 0.467. The zero-order valence-corrected chi connectivity index (χ0v) is 12.9. The van der Waals surface area contributed by atoms with Crippen LogP contribution in [0.2, 0.25) is 0 Å². The molecule has 0 bridgehead atoms. The number of rotatable bonds is 6. The van der Waals surface area contributed by atoms with Gasteiger partial charge in [0.05, 0.1) is 14.2 Å². The smallest absolute Gasteiger partial charge is 0.331 e. The molecule has 0 fully saturated rings. The minimum atomic E-state index is -1.13. The van der Waals surface area contributed by atoms with E-state index in [2.05, 4.69) is 0 Å². The number of hydrogen-bond donors (Lipinski definition) is 1. The molecule has 6 nitrogen and oxygen atoms in total. The molecule has 0 saturated carbocycles. The lowest BCUT2D eigenvalue weighted by atomic mass is 10.0. The van der Waals surface area contributed by atoms with Crippen molar-refractivity contribution in [3.63, 3.8) is 0 Å². The number of amides is 1. The third kappa shape index (κ3) is 3.65. The summed E-state index contributed by atoms with van der Waals surface area (Å²) in [5.41, 5.74) is 0.383. The average molecular weight is 295 g/mol. The Bertz CT molecular complexity index is 527. The predicted molar refractivity (Wildman–Crippen MR) is 77.6 cm³/mol. The zero-order valence-electron chi connectivity index (χ0n) is 12.9. The van der Waals surface area contributed by atoms with Gasteiger partial charge < -0.3 is 19.5 Å². The van der Waals surface area contributed by atoms with E-state index in [1.54, 1.807) is 32.0 Å². The van der Waals surface area contributed by atoms with Crippen LogP contribution in [-0.4, -0.2) is 42.1 Å². The van der Waals surface area contributed by atoms with Crippen LogP contribution in [0.4, 0.5) is 0 Å². The van der Waals surface area contributed by atoms with E-state index in [-0.39, 0.29) is 11.9 Å². The SMILES string of the molecule is COc1ccc(OC)c(C(C(=O)O)N(C(C)=O)C(C)C)c1. The maximum absolute atomic E-state index is 11.8. The number of ether oxygens (including phenoxy) is 2. The predicted octanol–water partition coefficient (Wildman–Crippen LogP) is 2.09. The summed E-state index contributed by atoms with van der Waals surface area (Å²) >= 11 is 0. The van der Waals surface area contributed by atoms with Gasteiger partial charge in [-0.1, -0.05) is 0 Å². The first-order valence-electron chi connectivity index (χ1n) is 6.57. The summed E-state index contributed by atoms with van der Waals surface area (Å²) in [6.45, 7) is 4.89. The van der Waals surface area contributed by atoms with E-state index >= 15 is 0 Å². The van der Waals surface area contributed by atoms with Crippen molar-refractivity contribution in [3.8, 4) is 11.5 Å². The summed E-state index contributed by atoms with van der Waals surface area (Å²) in [6, 6.07) is 3.49. The Balaban J connectivity index is 3.46. The van der Waals surface area contributed by atoms with Crippen LogP contribution in [-0.2, 0) is 9.59 Å². The maximum atomic E-state index is 11.8. The van der Waals surface area contributed by atoms with Crippen molar-refractivity contribution in [2.75, 3.05) is 14.2 Å². The molecule has 1 unspecified atom stereocenters. The van der Waals surface area contributed by atoms with Crippen molar-refractivity contribution in [2.45, 2.75) is 32.9 Å². The highest BCUT2D eigenvalue weighted by Crippen LogP contribution is 2.34. The summed E-state index contributed by atoms with van der Waals surface area (Å²) in [7, 11) is 2.95. The van der Waals surface area contributed by atoms with Crippen LogP contribution in [0, 0.1) is 0 Å². The number of carbonyl (C=O) groups is 2. The molecule has 0 saturated heterocycles. The van der Waals surface area contributed by atoms with E-state index in [9.17, 15) is 14.7 Å². The van der Waals surface area contributed by atoms with Gasteiger partial charge in [-0.2, -0.15) is 0 Å². The molecule has 0 spiro atoms. The molecule has 116 valence electrons. The molecule has 6 heteroatoms. The molecule has 0 radical (unpaired) electrons. The van der Waals surface area contributed by atoms with Crippen LogP contribution in [0.1, 0.15) is 32.4 Å². The van der Waals surface area contributed by atoms with Gasteiger partial charge in [-0.15, -0.1) is 0 Å². The molecule has 1 amide bonds. The molecule has 0 aliphatic rings. The second kappa shape index (κ2) is 6.97. The fourth-order valence-electron chi connectivity index (χ4n) is 2.30. The lowest BCUT2D eigenvalue weighted by molar-refractivity contribution is -0.151. The molecule has 1 N–H and O–H groups in total. The van der Waals surface area contributed by atoms with E-state index in [4.69, 9.17) is 9.47 Å². The highest BCUT2D eigenvalue weighted by molar-refractivity contribution is 5.84. The van der Waals surface area contributed by atoms with Crippen LogP contribution in [0.5, 0.6) is 11.5 Å². The van der Waals surface area contributed by atoms with Crippen molar-refractivity contribution in [2.24, 2.45) is 0 Å². The van der Waals surface area contributed by atoms with Crippen LogP contribution in [0.3, 0.4) is 0 Å². The van der Waals surface area contributed by atoms with Crippen LogP contribution in [0.25, 0.3) is 0 Å². The van der Waals surface area contributed by atoms with Crippen molar-refractivity contribution in [1.29, 1.82) is 0 Å². The molecule has 0 aliphatic carbocycles. The minimum Gasteiger partial charge on any atom is -0.497 e. The van der Waals surface area contributed by atoms with Gasteiger partial charge in [0, 0.05) is 18.5 Å².